The van der Waals surface area contributed by atoms with Crippen molar-refractivity contribution in [3.05, 3.63) is 83.9 Å². The molecule has 0 saturated carbocycles. The molecule has 27 heavy (non-hydrogen) atoms. The second-order valence-electron chi connectivity index (χ2n) is 6.55. The summed E-state index contributed by atoms with van der Waals surface area (Å²) in [7, 11) is 0. The molecule has 1 aromatic heterocycles. The summed E-state index contributed by atoms with van der Waals surface area (Å²) in [6.45, 7) is 2.03. The van der Waals surface area contributed by atoms with Gasteiger partial charge in [-0.05, 0) is 48.7 Å². The topological polar surface area (TPSA) is 55.1 Å². The molecule has 0 aliphatic heterocycles. The maximum Gasteiger partial charge on any atom is 0.227 e. The molecule has 0 aliphatic rings. The minimum Gasteiger partial charge on any atom is -0.436 e. The fourth-order valence-electron chi connectivity index (χ4n) is 3.06. The summed E-state index contributed by atoms with van der Waals surface area (Å²) < 4.78 is 5.88. The maximum atomic E-state index is 12.2. The molecule has 4 rings (SSSR count). The standard InChI is InChI=1S/C23H20N2O2/c1-16-7-5-6-10-19(16)23-25-20-15-18(12-13-21(20)27-23)24-22(26)14-11-17-8-3-2-4-9-17/h2-10,12-13,15H,11,14H2,1H3,(H,24,26). The molecule has 0 saturated heterocycles. The van der Waals surface area contributed by atoms with Crippen LogP contribution in [0.3, 0.4) is 0 Å². The van der Waals surface area contributed by atoms with Crippen molar-refractivity contribution < 1.29 is 9.21 Å². The second kappa shape index (κ2) is 7.46. The number of anilines is 1. The summed E-state index contributed by atoms with van der Waals surface area (Å²) in [5.41, 5.74) is 5.40. The minimum atomic E-state index is -0.0131. The van der Waals surface area contributed by atoms with Gasteiger partial charge in [0.25, 0.3) is 0 Å². The molecular formula is C23H20N2O2. The van der Waals surface area contributed by atoms with Crippen LogP contribution in [0.4, 0.5) is 5.69 Å². The highest BCUT2D eigenvalue weighted by Crippen LogP contribution is 2.28. The number of rotatable bonds is 5. The van der Waals surface area contributed by atoms with Gasteiger partial charge in [0, 0.05) is 17.7 Å². The first-order chi connectivity index (χ1) is 13.2. The van der Waals surface area contributed by atoms with Gasteiger partial charge in [-0.25, -0.2) is 4.98 Å². The third kappa shape index (κ3) is 3.90. The van der Waals surface area contributed by atoms with Crippen molar-refractivity contribution in [3.8, 4) is 11.5 Å². The quantitative estimate of drug-likeness (QED) is 0.523. The molecule has 3 aromatic carbocycles. The molecule has 4 heteroatoms. The van der Waals surface area contributed by atoms with E-state index in [0.29, 0.717) is 17.9 Å². The van der Waals surface area contributed by atoms with E-state index in [9.17, 15) is 4.79 Å². The van der Waals surface area contributed by atoms with E-state index < -0.39 is 0 Å². The summed E-state index contributed by atoms with van der Waals surface area (Å²) in [5.74, 6) is 0.580. The van der Waals surface area contributed by atoms with E-state index in [-0.39, 0.29) is 5.91 Å². The average molecular weight is 356 g/mol. The van der Waals surface area contributed by atoms with Gasteiger partial charge in [0.15, 0.2) is 5.58 Å². The van der Waals surface area contributed by atoms with Crippen LogP contribution in [-0.2, 0) is 11.2 Å². The van der Waals surface area contributed by atoms with Crippen LogP contribution in [0.25, 0.3) is 22.6 Å². The SMILES string of the molecule is Cc1ccccc1-c1nc2cc(NC(=O)CCc3ccccc3)ccc2o1. The molecule has 1 heterocycles. The Labute approximate surface area is 157 Å². The summed E-state index contributed by atoms with van der Waals surface area (Å²) in [6, 6.07) is 23.5. The Bertz CT molecular complexity index is 1080. The van der Waals surface area contributed by atoms with E-state index >= 15 is 0 Å². The van der Waals surface area contributed by atoms with Gasteiger partial charge in [-0.2, -0.15) is 0 Å². The molecule has 0 radical (unpaired) electrons. The number of nitrogens with zero attached hydrogens (tertiary/aromatic N) is 1. The van der Waals surface area contributed by atoms with E-state index in [4.69, 9.17) is 4.42 Å². The first kappa shape index (κ1) is 17.0. The molecule has 1 N–H and O–H groups in total. The fraction of sp³-hybridized carbons (Fsp3) is 0.130. The third-order valence-electron chi connectivity index (χ3n) is 4.53. The van der Waals surface area contributed by atoms with Crippen molar-refractivity contribution in [2.75, 3.05) is 5.32 Å². The number of carbonyl (C=O) groups excluding carboxylic acids is 1. The largest absolute Gasteiger partial charge is 0.436 e. The van der Waals surface area contributed by atoms with Crippen LogP contribution in [0.5, 0.6) is 0 Å². The Morgan fingerprint density at radius 2 is 1.78 bits per heavy atom. The predicted molar refractivity (Wildman–Crippen MR) is 108 cm³/mol. The Morgan fingerprint density at radius 1 is 1.00 bits per heavy atom. The van der Waals surface area contributed by atoms with Crippen LogP contribution >= 0.6 is 0 Å². The summed E-state index contributed by atoms with van der Waals surface area (Å²) in [4.78, 5) is 16.8. The van der Waals surface area contributed by atoms with Crippen molar-refractivity contribution >= 4 is 22.7 Å². The minimum absolute atomic E-state index is 0.0131. The van der Waals surface area contributed by atoms with Gasteiger partial charge < -0.3 is 9.73 Å². The van der Waals surface area contributed by atoms with Crippen LogP contribution in [-0.4, -0.2) is 10.9 Å². The third-order valence-corrected chi connectivity index (χ3v) is 4.53. The van der Waals surface area contributed by atoms with Crippen LogP contribution in [0.1, 0.15) is 17.5 Å². The van der Waals surface area contributed by atoms with Crippen molar-refractivity contribution in [1.82, 2.24) is 4.98 Å². The van der Waals surface area contributed by atoms with Gasteiger partial charge in [0.05, 0.1) is 0 Å². The summed E-state index contributed by atoms with van der Waals surface area (Å²) in [5, 5.41) is 2.94. The number of hydrogen-bond acceptors (Lipinski definition) is 3. The van der Waals surface area contributed by atoms with E-state index in [0.717, 1.165) is 34.3 Å². The predicted octanol–water partition coefficient (Wildman–Crippen LogP) is 5.37. The van der Waals surface area contributed by atoms with Gasteiger partial charge in [0.1, 0.15) is 5.52 Å². The van der Waals surface area contributed by atoms with Gasteiger partial charge in [-0.1, -0.05) is 48.5 Å². The van der Waals surface area contributed by atoms with Gasteiger partial charge in [0.2, 0.25) is 11.8 Å². The van der Waals surface area contributed by atoms with E-state index in [1.165, 1.54) is 0 Å². The molecular weight excluding hydrogens is 336 g/mol. The first-order valence-corrected chi connectivity index (χ1v) is 8.99. The van der Waals surface area contributed by atoms with Crippen LogP contribution in [0.2, 0.25) is 0 Å². The summed E-state index contributed by atoms with van der Waals surface area (Å²) >= 11 is 0. The van der Waals surface area contributed by atoms with Crippen molar-refractivity contribution in [1.29, 1.82) is 0 Å². The van der Waals surface area contributed by atoms with Gasteiger partial charge >= 0.3 is 0 Å². The number of nitrogens with one attached hydrogen (secondary N) is 1. The molecule has 0 atom stereocenters. The van der Waals surface area contributed by atoms with Gasteiger partial charge in [-0.3, -0.25) is 4.79 Å². The number of amides is 1. The normalized spacial score (nSPS) is 10.9. The molecule has 0 spiro atoms. The second-order valence-corrected chi connectivity index (χ2v) is 6.55. The molecule has 4 nitrogen and oxygen atoms in total. The zero-order chi connectivity index (χ0) is 18.6. The molecule has 1 amide bonds. The van der Waals surface area contributed by atoms with E-state index in [1.54, 1.807) is 0 Å². The number of aromatic nitrogens is 1. The molecule has 0 unspecified atom stereocenters. The molecule has 0 bridgehead atoms. The zero-order valence-electron chi connectivity index (χ0n) is 15.1. The molecule has 4 aromatic rings. The van der Waals surface area contributed by atoms with Gasteiger partial charge in [-0.15, -0.1) is 0 Å². The number of hydrogen-bond donors (Lipinski definition) is 1. The fourth-order valence-corrected chi connectivity index (χ4v) is 3.06. The van der Waals surface area contributed by atoms with E-state index in [2.05, 4.69) is 10.3 Å². The Balaban J connectivity index is 1.48. The number of aryl methyl sites for hydroxylation is 2. The molecule has 0 fully saturated rings. The van der Waals surface area contributed by atoms with Crippen LogP contribution < -0.4 is 5.32 Å². The smallest absolute Gasteiger partial charge is 0.227 e. The van der Waals surface area contributed by atoms with Crippen LogP contribution in [0, 0.1) is 6.92 Å². The van der Waals surface area contributed by atoms with E-state index in [1.807, 2.05) is 79.7 Å². The molecule has 134 valence electrons. The zero-order valence-corrected chi connectivity index (χ0v) is 15.1. The lowest BCUT2D eigenvalue weighted by Crippen LogP contribution is -2.12. The Morgan fingerprint density at radius 3 is 2.59 bits per heavy atom. The molecule has 0 aliphatic carbocycles. The average Bonchev–Trinajstić information content (AvgIpc) is 3.10. The number of benzene rings is 3. The lowest BCUT2D eigenvalue weighted by molar-refractivity contribution is -0.116. The monoisotopic (exact) mass is 356 g/mol. The highest BCUT2D eigenvalue weighted by molar-refractivity contribution is 5.93. The van der Waals surface area contributed by atoms with Crippen molar-refractivity contribution in [3.63, 3.8) is 0 Å². The lowest BCUT2D eigenvalue weighted by atomic mass is 10.1. The van der Waals surface area contributed by atoms with Crippen molar-refractivity contribution in [2.24, 2.45) is 0 Å². The summed E-state index contributed by atoms with van der Waals surface area (Å²) in [6.07, 6.45) is 1.16. The lowest BCUT2D eigenvalue weighted by Gasteiger charge is -2.05. The highest BCUT2D eigenvalue weighted by atomic mass is 16.3. The Hall–Kier alpha value is -3.40. The maximum absolute atomic E-state index is 12.2. The Kier molecular flexibility index (Phi) is 4.71. The number of oxazole rings is 1. The van der Waals surface area contributed by atoms with Crippen LogP contribution in [0.15, 0.2) is 77.2 Å². The van der Waals surface area contributed by atoms with Crippen molar-refractivity contribution in [2.45, 2.75) is 19.8 Å². The first-order valence-electron chi connectivity index (χ1n) is 8.99. The number of fused-ring (bicyclic) bond motifs is 1. The highest BCUT2D eigenvalue weighted by Gasteiger charge is 2.11. The number of carbonyl (C=O) groups is 1.